The lowest BCUT2D eigenvalue weighted by atomic mass is 9.47. The molecular formula is C55H105NO6. The van der Waals surface area contributed by atoms with Gasteiger partial charge in [-0.3, -0.25) is 14.4 Å². The fraction of sp³-hybridized carbons (Fsp3) is 0.945. The van der Waals surface area contributed by atoms with Crippen LogP contribution >= 0.6 is 0 Å². The van der Waals surface area contributed by atoms with Gasteiger partial charge in [0.05, 0.1) is 19.8 Å². The zero-order valence-electron chi connectivity index (χ0n) is 42.9. The number of unbranched alkanes of at least 4 members (excludes halogenated alkanes) is 9. The van der Waals surface area contributed by atoms with E-state index in [1.807, 2.05) is 0 Å². The third-order valence-corrected chi connectivity index (χ3v) is 14.8. The monoisotopic (exact) mass is 876 g/mol. The molecule has 4 unspecified atom stereocenters. The summed E-state index contributed by atoms with van der Waals surface area (Å²) in [5, 5.41) is 0. The van der Waals surface area contributed by atoms with E-state index in [4.69, 9.17) is 14.2 Å². The number of hydrogen-bond donors (Lipinski definition) is 0. The quantitative estimate of drug-likeness (QED) is 0.0264. The highest BCUT2D eigenvalue weighted by Gasteiger charge is 2.52. The molecule has 2 rings (SSSR count). The molecule has 2 fully saturated rings. The van der Waals surface area contributed by atoms with Crippen molar-refractivity contribution in [1.29, 1.82) is 0 Å². The average Bonchev–Trinajstić information content (AvgIpc) is 3.23. The third kappa shape index (κ3) is 27.0. The van der Waals surface area contributed by atoms with Crippen molar-refractivity contribution in [3.63, 3.8) is 0 Å². The van der Waals surface area contributed by atoms with Crippen molar-refractivity contribution in [3.8, 4) is 0 Å². The summed E-state index contributed by atoms with van der Waals surface area (Å²) in [6, 6.07) is 0. The first kappa shape index (κ1) is 58.4. The first-order valence-electron chi connectivity index (χ1n) is 27.0. The Labute approximate surface area is 385 Å². The fourth-order valence-electron chi connectivity index (χ4n) is 11.9. The molecule has 0 radical (unpaired) electrons. The summed E-state index contributed by atoms with van der Waals surface area (Å²) in [7, 11) is 0. The van der Waals surface area contributed by atoms with E-state index in [0.29, 0.717) is 56.9 Å². The highest BCUT2D eigenvalue weighted by atomic mass is 16.5. The van der Waals surface area contributed by atoms with Crippen LogP contribution in [-0.2, 0) is 28.6 Å². The largest absolute Gasteiger partial charge is 0.468 e. The predicted molar refractivity (Wildman–Crippen MR) is 262 cm³/mol. The number of carbonyl (C=O) groups excluding carboxylic acids is 3. The van der Waals surface area contributed by atoms with Gasteiger partial charge < -0.3 is 19.1 Å². The molecule has 2 aliphatic carbocycles. The van der Waals surface area contributed by atoms with Crippen molar-refractivity contribution >= 4 is 18.4 Å². The number of nitrogens with zero attached hydrogens (tertiary/aromatic N) is 1. The Morgan fingerprint density at radius 3 is 1.34 bits per heavy atom. The van der Waals surface area contributed by atoms with Gasteiger partial charge in [0, 0.05) is 12.8 Å². The first-order chi connectivity index (χ1) is 29.9. The molecule has 62 heavy (non-hydrogen) atoms. The van der Waals surface area contributed by atoms with Gasteiger partial charge in [-0.1, -0.05) is 146 Å². The van der Waals surface area contributed by atoms with Crippen LogP contribution in [0.5, 0.6) is 0 Å². The Kier molecular flexibility index (Phi) is 33.5. The van der Waals surface area contributed by atoms with Crippen molar-refractivity contribution in [2.24, 2.45) is 34.0 Å². The highest BCUT2D eigenvalue weighted by molar-refractivity contribution is 5.70. The molecule has 2 bridgehead atoms. The van der Waals surface area contributed by atoms with Crippen molar-refractivity contribution in [2.75, 3.05) is 39.5 Å². The van der Waals surface area contributed by atoms with E-state index in [2.05, 4.69) is 67.2 Å². The molecule has 0 N–H and O–H groups in total. The lowest BCUT2D eigenvalue weighted by molar-refractivity contribution is -0.146. The summed E-state index contributed by atoms with van der Waals surface area (Å²) in [5.74, 6) is 1.59. The zero-order chi connectivity index (χ0) is 46.0. The lowest BCUT2D eigenvalue weighted by Crippen LogP contribution is -2.47. The summed E-state index contributed by atoms with van der Waals surface area (Å²) in [6.07, 6.45) is 35.2. The minimum atomic E-state index is -0.00157. The maximum Gasteiger partial charge on any atom is 0.306 e. The summed E-state index contributed by atoms with van der Waals surface area (Å²) >= 11 is 0. The molecule has 2 aliphatic rings. The maximum atomic E-state index is 13.0. The average molecular weight is 876 g/mol. The van der Waals surface area contributed by atoms with Crippen LogP contribution in [0.3, 0.4) is 0 Å². The highest BCUT2D eigenvalue weighted by Crippen LogP contribution is 2.64. The zero-order valence-corrected chi connectivity index (χ0v) is 42.9. The molecule has 7 heteroatoms. The van der Waals surface area contributed by atoms with Gasteiger partial charge in [0.15, 0.2) is 0 Å². The summed E-state index contributed by atoms with van der Waals surface area (Å²) in [4.78, 5) is 39.2. The number of hydrogen-bond acceptors (Lipinski definition) is 7. The second-order valence-corrected chi connectivity index (χ2v) is 21.2. The molecule has 366 valence electrons. The van der Waals surface area contributed by atoms with Gasteiger partial charge in [-0.15, -0.1) is 0 Å². The van der Waals surface area contributed by atoms with Crippen molar-refractivity contribution in [3.05, 3.63) is 0 Å². The van der Waals surface area contributed by atoms with Crippen LogP contribution in [0.2, 0.25) is 0 Å². The Morgan fingerprint density at radius 2 is 0.952 bits per heavy atom. The molecule has 0 saturated heterocycles. The van der Waals surface area contributed by atoms with Gasteiger partial charge in [-0.05, 0) is 156 Å². The van der Waals surface area contributed by atoms with Gasteiger partial charge in [0.25, 0.3) is 6.47 Å². The summed E-state index contributed by atoms with van der Waals surface area (Å²) in [6.45, 7) is 26.4. The summed E-state index contributed by atoms with van der Waals surface area (Å²) < 4.78 is 16.9. The number of rotatable bonds is 38. The van der Waals surface area contributed by atoms with Crippen LogP contribution in [0.25, 0.3) is 0 Å². The molecule has 2 saturated carbocycles. The van der Waals surface area contributed by atoms with Crippen LogP contribution in [-0.4, -0.2) is 62.8 Å². The first-order valence-corrected chi connectivity index (χ1v) is 27.0. The topological polar surface area (TPSA) is 82.1 Å². The minimum Gasteiger partial charge on any atom is -0.468 e. The van der Waals surface area contributed by atoms with E-state index in [0.717, 1.165) is 64.2 Å². The minimum absolute atomic E-state index is 0.00157. The molecular weight excluding hydrogens is 771 g/mol. The second-order valence-electron chi connectivity index (χ2n) is 21.2. The molecule has 0 heterocycles. The Balaban J connectivity index is 0.00000191. The van der Waals surface area contributed by atoms with E-state index in [9.17, 15) is 14.4 Å². The molecule has 0 spiro atoms. The van der Waals surface area contributed by atoms with Gasteiger partial charge in [0.2, 0.25) is 0 Å². The van der Waals surface area contributed by atoms with Gasteiger partial charge in [-0.25, -0.2) is 0 Å². The predicted octanol–water partition coefficient (Wildman–Crippen LogP) is 15.6. The normalized spacial score (nSPS) is 22.1. The van der Waals surface area contributed by atoms with Crippen molar-refractivity contribution in [1.82, 2.24) is 4.90 Å². The van der Waals surface area contributed by atoms with E-state index < -0.39 is 0 Å². The van der Waals surface area contributed by atoms with E-state index in [-0.39, 0.29) is 28.2 Å². The van der Waals surface area contributed by atoms with E-state index >= 15 is 0 Å². The van der Waals surface area contributed by atoms with Crippen LogP contribution in [0.4, 0.5) is 0 Å². The number of ether oxygens (including phenoxy) is 3. The lowest BCUT2D eigenvalue weighted by Gasteiger charge is -2.58. The second kappa shape index (κ2) is 35.6. The molecule has 4 atom stereocenters. The molecule has 0 aromatic carbocycles. The fourth-order valence-corrected chi connectivity index (χ4v) is 11.9. The van der Waals surface area contributed by atoms with Crippen LogP contribution < -0.4 is 0 Å². The smallest absolute Gasteiger partial charge is 0.306 e. The molecule has 0 aromatic rings. The Bertz CT molecular complexity index is 1090. The Morgan fingerprint density at radius 1 is 0.548 bits per heavy atom. The maximum absolute atomic E-state index is 13.0. The van der Waals surface area contributed by atoms with Gasteiger partial charge in [-0.2, -0.15) is 0 Å². The van der Waals surface area contributed by atoms with Crippen molar-refractivity contribution < 1.29 is 28.6 Å². The van der Waals surface area contributed by atoms with Crippen molar-refractivity contribution in [2.45, 2.75) is 261 Å². The number of fused-ring (bicyclic) bond motifs is 2. The standard InChI is InChI=1S/C47H86O6.C8H19N/c1-7-11-15-22-40(23-16-12-8-2)32-43(49)52-30-20-27-46(6)35-42-34-45(5,26-19-29-51-39-48)37-47(36-42,38-46)28-21-31-53-44(50)33-41(24-17-13-9-3)25-18-14-10-4;1-4-7-8-9(5-2)6-3/h39-42H,7-38H2,1-6H3;4-8H2,1-3H3. The van der Waals surface area contributed by atoms with Gasteiger partial charge >= 0.3 is 11.9 Å². The van der Waals surface area contributed by atoms with Crippen LogP contribution in [0.15, 0.2) is 0 Å². The third-order valence-electron chi connectivity index (χ3n) is 14.8. The van der Waals surface area contributed by atoms with E-state index in [1.165, 1.54) is 142 Å². The number of carbonyl (C=O) groups is 3. The van der Waals surface area contributed by atoms with Gasteiger partial charge in [0.1, 0.15) is 0 Å². The molecule has 7 nitrogen and oxygen atoms in total. The molecule has 0 aliphatic heterocycles. The Hall–Kier alpha value is -1.63. The van der Waals surface area contributed by atoms with E-state index in [1.54, 1.807) is 0 Å². The summed E-state index contributed by atoms with van der Waals surface area (Å²) in [5.41, 5.74) is 0.686. The van der Waals surface area contributed by atoms with Crippen LogP contribution in [0.1, 0.15) is 261 Å². The molecule has 0 aromatic heterocycles. The SMILES string of the molecule is CCCCCC(CCCCC)CC(=O)OCCCC1(C)CC2CC(C)(CCCOC=O)CC(CCCOC(=O)CC(CCCCC)CCCCC)(C2)C1.CCCCN(CC)CC. The number of esters is 2. The van der Waals surface area contributed by atoms with Crippen LogP contribution in [0, 0.1) is 34.0 Å². The molecule has 0 amide bonds.